The Morgan fingerprint density at radius 2 is 1.81 bits per heavy atom. The number of hydrogen-bond donors (Lipinski definition) is 2. The van der Waals surface area contributed by atoms with Crippen molar-refractivity contribution < 1.29 is 18.7 Å². The average Bonchev–Trinajstić information content (AvgIpc) is 3.17. The molecule has 8 nitrogen and oxygen atoms in total. The number of ether oxygens (including phenoxy) is 1. The van der Waals surface area contributed by atoms with Crippen LogP contribution in [0.2, 0.25) is 0 Å². The number of benzene rings is 2. The highest BCUT2D eigenvalue weighted by Crippen LogP contribution is 2.21. The summed E-state index contributed by atoms with van der Waals surface area (Å²) < 4.78 is 10.7. The van der Waals surface area contributed by atoms with Crippen LogP contribution in [0.3, 0.4) is 0 Å². The van der Waals surface area contributed by atoms with Crippen LogP contribution in [0.1, 0.15) is 17.3 Å². The number of primary amides is 1. The van der Waals surface area contributed by atoms with E-state index in [1.54, 1.807) is 55.5 Å². The topological polar surface area (TPSA) is 120 Å². The number of hydrogen-bond acceptors (Lipinski definition) is 6. The Hall–Kier alpha value is -3.68. The molecule has 0 bridgehead atoms. The van der Waals surface area contributed by atoms with Crippen LogP contribution in [0.4, 0.5) is 5.69 Å². The van der Waals surface area contributed by atoms with E-state index < -0.39 is 12.0 Å². The van der Waals surface area contributed by atoms with Gasteiger partial charge in [-0.3, -0.25) is 9.59 Å². The zero-order chi connectivity index (χ0) is 18.5. The molecule has 2 aromatic carbocycles. The lowest BCUT2D eigenvalue weighted by molar-refractivity contribution is -0.122. The summed E-state index contributed by atoms with van der Waals surface area (Å²) in [4.78, 5) is 23.3. The molecule has 132 valence electrons. The number of aromatic nitrogens is 2. The van der Waals surface area contributed by atoms with Crippen molar-refractivity contribution in [3.8, 4) is 17.2 Å². The van der Waals surface area contributed by atoms with Crippen molar-refractivity contribution >= 4 is 17.5 Å². The monoisotopic (exact) mass is 352 g/mol. The molecule has 0 saturated heterocycles. The lowest BCUT2D eigenvalue weighted by Crippen LogP contribution is -2.30. The zero-order valence-corrected chi connectivity index (χ0v) is 13.9. The standard InChI is InChI=1S/C18H16N4O4/c1-11(17(24)21-14-6-2-12(3-7-14)16(19)23)26-15-8-4-13(5-9-15)18-22-20-10-25-18/h2-11H,1H3,(H2,19,23)(H,21,24)/t11-/m1/s1. The molecule has 1 aromatic heterocycles. The summed E-state index contributed by atoms with van der Waals surface area (Å²) in [7, 11) is 0. The Kier molecular flexibility index (Phi) is 4.93. The molecular formula is C18H16N4O4. The van der Waals surface area contributed by atoms with E-state index >= 15 is 0 Å². The number of nitrogens with two attached hydrogens (primary N) is 1. The van der Waals surface area contributed by atoms with Crippen molar-refractivity contribution in [2.75, 3.05) is 5.32 Å². The van der Waals surface area contributed by atoms with Gasteiger partial charge in [0.2, 0.25) is 18.2 Å². The molecule has 26 heavy (non-hydrogen) atoms. The second-order valence-corrected chi connectivity index (χ2v) is 5.46. The summed E-state index contributed by atoms with van der Waals surface area (Å²) in [5, 5.41) is 10.2. The number of rotatable bonds is 6. The first-order valence-electron chi connectivity index (χ1n) is 7.77. The number of anilines is 1. The summed E-state index contributed by atoms with van der Waals surface area (Å²) in [5.74, 6) is 0.0862. The largest absolute Gasteiger partial charge is 0.481 e. The molecule has 8 heteroatoms. The maximum Gasteiger partial charge on any atom is 0.265 e. The first kappa shape index (κ1) is 17.2. The van der Waals surface area contributed by atoms with Crippen LogP contribution in [0.25, 0.3) is 11.5 Å². The van der Waals surface area contributed by atoms with Gasteiger partial charge in [0, 0.05) is 16.8 Å². The normalized spacial score (nSPS) is 11.6. The summed E-state index contributed by atoms with van der Waals surface area (Å²) in [5.41, 5.74) is 6.85. The maximum absolute atomic E-state index is 12.2. The smallest absolute Gasteiger partial charge is 0.265 e. The third kappa shape index (κ3) is 4.04. The van der Waals surface area contributed by atoms with Crippen molar-refractivity contribution in [3.05, 3.63) is 60.5 Å². The summed E-state index contributed by atoms with van der Waals surface area (Å²) >= 11 is 0. The van der Waals surface area contributed by atoms with Gasteiger partial charge in [0.25, 0.3) is 5.91 Å². The van der Waals surface area contributed by atoms with E-state index in [4.69, 9.17) is 14.9 Å². The van der Waals surface area contributed by atoms with E-state index in [0.717, 1.165) is 5.56 Å². The Bertz CT molecular complexity index is 890. The van der Waals surface area contributed by atoms with Crippen LogP contribution in [0.5, 0.6) is 5.75 Å². The molecule has 0 aliphatic carbocycles. The molecule has 0 aliphatic rings. The van der Waals surface area contributed by atoms with Crippen molar-refractivity contribution in [2.24, 2.45) is 5.73 Å². The van der Waals surface area contributed by atoms with Crippen LogP contribution in [-0.4, -0.2) is 28.1 Å². The van der Waals surface area contributed by atoms with Gasteiger partial charge in [0.1, 0.15) is 5.75 Å². The highest BCUT2D eigenvalue weighted by Gasteiger charge is 2.15. The van der Waals surface area contributed by atoms with E-state index in [2.05, 4.69) is 15.5 Å². The van der Waals surface area contributed by atoms with Gasteiger partial charge in [0.15, 0.2) is 6.10 Å². The predicted molar refractivity (Wildman–Crippen MR) is 93.4 cm³/mol. The average molecular weight is 352 g/mol. The van der Waals surface area contributed by atoms with Gasteiger partial charge in [-0.15, -0.1) is 10.2 Å². The molecule has 0 radical (unpaired) electrons. The minimum atomic E-state index is -0.722. The highest BCUT2D eigenvalue weighted by atomic mass is 16.5. The molecule has 0 fully saturated rings. The van der Waals surface area contributed by atoms with Gasteiger partial charge in [-0.25, -0.2) is 0 Å². The SMILES string of the molecule is C[C@@H](Oc1ccc(-c2nnco2)cc1)C(=O)Nc1ccc(C(N)=O)cc1. The van der Waals surface area contributed by atoms with Crippen LogP contribution in [0.15, 0.2) is 59.3 Å². The lowest BCUT2D eigenvalue weighted by Gasteiger charge is -2.15. The third-order valence-electron chi connectivity index (χ3n) is 3.58. The number of carbonyl (C=O) groups excluding carboxylic acids is 2. The van der Waals surface area contributed by atoms with Gasteiger partial charge < -0.3 is 20.2 Å². The Balaban J connectivity index is 1.59. The van der Waals surface area contributed by atoms with Gasteiger partial charge in [-0.1, -0.05) is 0 Å². The molecule has 3 aromatic rings. The fraction of sp³-hybridized carbons (Fsp3) is 0.111. The fourth-order valence-corrected chi connectivity index (χ4v) is 2.19. The molecular weight excluding hydrogens is 336 g/mol. The maximum atomic E-state index is 12.2. The van der Waals surface area contributed by atoms with E-state index in [1.165, 1.54) is 6.39 Å². The van der Waals surface area contributed by atoms with Gasteiger partial charge in [-0.05, 0) is 55.5 Å². The summed E-state index contributed by atoms with van der Waals surface area (Å²) in [6.07, 6.45) is 0.530. The molecule has 0 saturated carbocycles. The minimum Gasteiger partial charge on any atom is -0.481 e. The van der Waals surface area contributed by atoms with Crippen LogP contribution < -0.4 is 15.8 Å². The van der Waals surface area contributed by atoms with Crippen molar-refractivity contribution in [1.82, 2.24) is 10.2 Å². The Morgan fingerprint density at radius 3 is 2.38 bits per heavy atom. The Morgan fingerprint density at radius 1 is 1.12 bits per heavy atom. The lowest BCUT2D eigenvalue weighted by atomic mass is 10.2. The second-order valence-electron chi connectivity index (χ2n) is 5.46. The van der Waals surface area contributed by atoms with E-state index in [-0.39, 0.29) is 5.91 Å². The fourth-order valence-electron chi connectivity index (χ4n) is 2.19. The van der Waals surface area contributed by atoms with Crippen molar-refractivity contribution in [1.29, 1.82) is 0 Å². The first-order valence-corrected chi connectivity index (χ1v) is 7.77. The van der Waals surface area contributed by atoms with Gasteiger partial charge >= 0.3 is 0 Å². The number of nitrogens with one attached hydrogen (secondary N) is 1. The molecule has 0 unspecified atom stereocenters. The Labute approximate surface area is 149 Å². The van der Waals surface area contributed by atoms with Gasteiger partial charge in [0.05, 0.1) is 0 Å². The second kappa shape index (κ2) is 7.47. The molecule has 3 N–H and O–H groups in total. The van der Waals surface area contributed by atoms with Crippen molar-refractivity contribution in [3.63, 3.8) is 0 Å². The number of carbonyl (C=O) groups is 2. The molecule has 1 heterocycles. The van der Waals surface area contributed by atoms with Crippen molar-refractivity contribution in [2.45, 2.75) is 13.0 Å². The highest BCUT2D eigenvalue weighted by molar-refractivity contribution is 5.96. The molecule has 2 amide bonds. The van der Waals surface area contributed by atoms with Gasteiger partial charge in [-0.2, -0.15) is 0 Å². The molecule has 1 atom stereocenters. The molecule has 0 aliphatic heterocycles. The number of nitrogens with zero attached hydrogens (tertiary/aromatic N) is 2. The first-order chi connectivity index (χ1) is 12.5. The molecule has 0 spiro atoms. The summed E-state index contributed by atoms with van der Waals surface area (Å²) in [6, 6.07) is 13.2. The quantitative estimate of drug-likeness (QED) is 0.702. The number of amides is 2. The van der Waals surface area contributed by atoms with E-state index in [1.807, 2.05) is 0 Å². The third-order valence-corrected chi connectivity index (χ3v) is 3.58. The van der Waals surface area contributed by atoms with Crippen LogP contribution in [-0.2, 0) is 4.79 Å². The van der Waals surface area contributed by atoms with Crippen LogP contribution >= 0.6 is 0 Å². The summed E-state index contributed by atoms with van der Waals surface area (Å²) in [6.45, 7) is 1.64. The zero-order valence-electron chi connectivity index (χ0n) is 13.9. The predicted octanol–water partition coefficient (Wildman–Crippen LogP) is 2.24. The van der Waals surface area contributed by atoms with E-state index in [9.17, 15) is 9.59 Å². The van der Waals surface area contributed by atoms with E-state index in [0.29, 0.717) is 22.9 Å². The molecule has 3 rings (SSSR count). The van der Waals surface area contributed by atoms with Crippen LogP contribution in [0, 0.1) is 0 Å². The minimum absolute atomic E-state index is 0.321.